The zero-order valence-electron chi connectivity index (χ0n) is 11.7. The lowest BCUT2D eigenvalue weighted by Gasteiger charge is -2.35. The zero-order valence-corrected chi connectivity index (χ0v) is 11.7. The summed E-state index contributed by atoms with van der Waals surface area (Å²) < 4.78 is 11.9. The van der Waals surface area contributed by atoms with Gasteiger partial charge >= 0.3 is 0 Å². The van der Waals surface area contributed by atoms with E-state index in [-0.39, 0.29) is 12.0 Å². The van der Waals surface area contributed by atoms with Gasteiger partial charge in [0.2, 0.25) is 0 Å². The second-order valence-corrected chi connectivity index (χ2v) is 5.99. The molecule has 0 N–H and O–H groups in total. The molecule has 3 nitrogen and oxygen atoms in total. The summed E-state index contributed by atoms with van der Waals surface area (Å²) in [6.07, 6.45) is 9.94. The minimum atomic E-state index is -0.0744. The summed E-state index contributed by atoms with van der Waals surface area (Å²) in [5.74, 6) is 1.47. The Balaban J connectivity index is 1.81. The highest BCUT2D eigenvalue weighted by atomic mass is 16.6. The molecule has 3 heteroatoms. The third kappa shape index (κ3) is 2.86. The first-order chi connectivity index (χ1) is 9.36. The molecule has 106 valence electrons. The average Bonchev–Trinajstić information content (AvgIpc) is 2.49. The molecule has 2 atom stereocenters. The molecule has 0 spiro atoms. The highest BCUT2D eigenvalue weighted by molar-refractivity contribution is 5.82. The monoisotopic (exact) mass is 264 g/mol. The standard InChI is InChI=1S/C16H24O3/c17-14-9-5-4-8-13(14)16-15(18-10-11-19-16)12-6-2-1-3-7-12/h13,16H,1-11H2. The van der Waals surface area contributed by atoms with Gasteiger partial charge in [0.15, 0.2) is 0 Å². The molecular formula is C16H24O3. The molecule has 0 amide bonds. The quantitative estimate of drug-likeness (QED) is 0.728. The van der Waals surface area contributed by atoms with Gasteiger partial charge in [-0.2, -0.15) is 0 Å². The molecule has 2 unspecified atom stereocenters. The second-order valence-electron chi connectivity index (χ2n) is 5.99. The summed E-state index contributed by atoms with van der Waals surface area (Å²) in [6, 6.07) is 0. The number of hydrogen-bond acceptors (Lipinski definition) is 3. The lowest BCUT2D eigenvalue weighted by Crippen LogP contribution is -2.39. The maximum atomic E-state index is 12.2. The molecule has 1 heterocycles. The Morgan fingerprint density at radius 2 is 1.68 bits per heavy atom. The zero-order chi connectivity index (χ0) is 13.1. The number of rotatable bonds is 1. The molecule has 0 aromatic rings. The van der Waals surface area contributed by atoms with E-state index in [0.29, 0.717) is 19.0 Å². The summed E-state index contributed by atoms with van der Waals surface area (Å²) in [7, 11) is 0. The number of hydrogen-bond donors (Lipinski definition) is 0. The van der Waals surface area contributed by atoms with Crippen molar-refractivity contribution < 1.29 is 14.3 Å². The number of carbonyl (C=O) groups is 1. The molecule has 3 fully saturated rings. The van der Waals surface area contributed by atoms with Crippen molar-refractivity contribution in [2.24, 2.45) is 5.92 Å². The first-order valence-electron chi connectivity index (χ1n) is 7.85. The molecule has 0 bridgehead atoms. The Labute approximate surface area is 115 Å². The van der Waals surface area contributed by atoms with E-state index < -0.39 is 0 Å². The van der Waals surface area contributed by atoms with Gasteiger partial charge in [0.05, 0.1) is 12.5 Å². The van der Waals surface area contributed by atoms with E-state index in [4.69, 9.17) is 9.47 Å². The molecule has 1 aliphatic heterocycles. The molecule has 3 aliphatic rings. The summed E-state index contributed by atoms with van der Waals surface area (Å²) in [5, 5.41) is 0. The minimum absolute atomic E-state index is 0.0541. The van der Waals surface area contributed by atoms with Crippen LogP contribution in [-0.4, -0.2) is 25.1 Å². The minimum Gasteiger partial charge on any atom is -0.493 e. The Hall–Kier alpha value is -0.830. The summed E-state index contributed by atoms with van der Waals surface area (Å²) in [4.78, 5) is 12.2. The van der Waals surface area contributed by atoms with Crippen LogP contribution in [-0.2, 0) is 14.3 Å². The molecule has 3 rings (SSSR count). The van der Waals surface area contributed by atoms with Gasteiger partial charge in [0, 0.05) is 6.42 Å². The third-order valence-electron chi connectivity index (χ3n) is 4.67. The normalized spacial score (nSPS) is 33.2. The van der Waals surface area contributed by atoms with Crippen LogP contribution in [0.1, 0.15) is 57.8 Å². The maximum absolute atomic E-state index is 12.2. The van der Waals surface area contributed by atoms with Gasteiger partial charge in [0.1, 0.15) is 24.3 Å². The number of Topliss-reactive ketones (excluding diaryl/α,β-unsaturated/α-hetero) is 1. The first-order valence-corrected chi connectivity index (χ1v) is 7.85. The highest BCUT2D eigenvalue weighted by Gasteiger charge is 2.37. The average molecular weight is 264 g/mol. The Kier molecular flexibility index (Phi) is 4.21. The van der Waals surface area contributed by atoms with E-state index in [0.717, 1.165) is 44.3 Å². The fraction of sp³-hybridized carbons (Fsp3) is 0.812. The first kappa shape index (κ1) is 13.2. The van der Waals surface area contributed by atoms with Gasteiger partial charge in [-0.05, 0) is 44.1 Å². The third-order valence-corrected chi connectivity index (χ3v) is 4.67. The van der Waals surface area contributed by atoms with Crippen molar-refractivity contribution in [3.05, 3.63) is 11.3 Å². The van der Waals surface area contributed by atoms with Crippen molar-refractivity contribution in [1.82, 2.24) is 0 Å². The second kappa shape index (κ2) is 6.08. The largest absolute Gasteiger partial charge is 0.493 e. The van der Waals surface area contributed by atoms with Crippen LogP contribution in [0.5, 0.6) is 0 Å². The smallest absolute Gasteiger partial charge is 0.139 e. The molecule has 2 saturated carbocycles. The number of ether oxygens (including phenoxy) is 2. The fourth-order valence-electron chi connectivity index (χ4n) is 3.64. The Morgan fingerprint density at radius 1 is 0.895 bits per heavy atom. The van der Waals surface area contributed by atoms with Crippen LogP contribution >= 0.6 is 0 Å². The lowest BCUT2D eigenvalue weighted by molar-refractivity contribution is -0.135. The van der Waals surface area contributed by atoms with E-state index in [2.05, 4.69) is 0 Å². The summed E-state index contributed by atoms with van der Waals surface area (Å²) in [5.41, 5.74) is 1.43. The van der Waals surface area contributed by atoms with E-state index >= 15 is 0 Å². The van der Waals surface area contributed by atoms with Gasteiger partial charge in [-0.15, -0.1) is 0 Å². The van der Waals surface area contributed by atoms with Crippen molar-refractivity contribution >= 4 is 5.78 Å². The predicted octanol–water partition coefficient (Wildman–Crippen LogP) is 3.38. The van der Waals surface area contributed by atoms with Crippen LogP contribution in [0.2, 0.25) is 0 Å². The van der Waals surface area contributed by atoms with E-state index in [1.165, 1.54) is 24.8 Å². The van der Waals surface area contributed by atoms with E-state index in [1.54, 1.807) is 0 Å². The van der Waals surface area contributed by atoms with Gasteiger partial charge < -0.3 is 9.47 Å². The van der Waals surface area contributed by atoms with Gasteiger partial charge in [-0.3, -0.25) is 4.79 Å². The molecule has 0 aromatic heterocycles. The SMILES string of the molecule is O=C1CCCCC1C1OCCOC1=C1CCCCC1. The highest BCUT2D eigenvalue weighted by Crippen LogP contribution is 2.36. The van der Waals surface area contributed by atoms with Crippen LogP contribution in [0.3, 0.4) is 0 Å². The lowest BCUT2D eigenvalue weighted by atomic mass is 9.81. The van der Waals surface area contributed by atoms with Crippen LogP contribution in [0.4, 0.5) is 0 Å². The fourth-order valence-corrected chi connectivity index (χ4v) is 3.64. The molecular weight excluding hydrogens is 240 g/mol. The van der Waals surface area contributed by atoms with E-state index in [9.17, 15) is 4.79 Å². The predicted molar refractivity (Wildman–Crippen MR) is 72.8 cm³/mol. The molecule has 19 heavy (non-hydrogen) atoms. The van der Waals surface area contributed by atoms with Crippen LogP contribution in [0.15, 0.2) is 11.3 Å². The van der Waals surface area contributed by atoms with Crippen molar-refractivity contribution in [2.75, 3.05) is 13.2 Å². The maximum Gasteiger partial charge on any atom is 0.139 e. The van der Waals surface area contributed by atoms with Crippen molar-refractivity contribution in [3.63, 3.8) is 0 Å². The Morgan fingerprint density at radius 3 is 2.47 bits per heavy atom. The molecule has 0 aromatic carbocycles. The molecule has 2 aliphatic carbocycles. The van der Waals surface area contributed by atoms with Gasteiger partial charge in [-0.1, -0.05) is 12.8 Å². The number of ketones is 1. The van der Waals surface area contributed by atoms with Crippen molar-refractivity contribution in [3.8, 4) is 0 Å². The number of allylic oxidation sites excluding steroid dienone is 1. The topological polar surface area (TPSA) is 35.5 Å². The molecule has 1 saturated heterocycles. The van der Waals surface area contributed by atoms with Crippen molar-refractivity contribution in [2.45, 2.75) is 63.9 Å². The molecule has 0 radical (unpaired) electrons. The Bertz CT molecular complexity index is 364. The summed E-state index contributed by atoms with van der Waals surface area (Å²) in [6.45, 7) is 1.28. The van der Waals surface area contributed by atoms with E-state index in [1.807, 2.05) is 0 Å². The summed E-state index contributed by atoms with van der Waals surface area (Å²) >= 11 is 0. The number of carbonyl (C=O) groups excluding carboxylic acids is 1. The van der Waals surface area contributed by atoms with Crippen LogP contribution in [0.25, 0.3) is 0 Å². The van der Waals surface area contributed by atoms with Gasteiger partial charge in [0.25, 0.3) is 0 Å². The van der Waals surface area contributed by atoms with Crippen molar-refractivity contribution in [1.29, 1.82) is 0 Å². The van der Waals surface area contributed by atoms with Crippen LogP contribution < -0.4 is 0 Å². The van der Waals surface area contributed by atoms with Crippen LogP contribution in [0, 0.1) is 5.92 Å². The van der Waals surface area contributed by atoms with Gasteiger partial charge in [-0.25, -0.2) is 0 Å².